The Kier molecular flexibility index (Phi) is 9.36. The summed E-state index contributed by atoms with van der Waals surface area (Å²) in [6.45, 7) is 13.0. The lowest BCUT2D eigenvalue weighted by atomic mass is 10.0. The van der Waals surface area contributed by atoms with E-state index in [1.54, 1.807) is 0 Å². The van der Waals surface area contributed by atoms with Crippen molar-refractivity contribution in [1.82, 2.24) is 35.0 Å². The van der Waals surface area contributed by atoms with Gasteiger partial charge < -0.3 is 9.72 Å². The summed E-state index contributed by atoms with van der Waals surface area (Å²) in [5.74, 6) is 0.855. The van der Waals surface area contributed by atoms with E-state index in [-0.39, 0.29) is 11.6 Å². The van der Waals surface area contributed by atoms with Crippen molar-refractivity contribution in [1.29, 1.82) is 0 Å². The van der Waals surface area contributed by atoms with Crippen molar-refractivity contribution < 1.29 is 4.74 Å². The molecule has 9 nitrogen and oxygen atoms in total. The molecule has 9 heteroatoms. The number of aromatic nitrogens is 5. The average molecular weight is 544 g/mol. The van der Waals surface area contributed by atoms with Crippen LogP contribution in [0.2, 0.25) is 0 Å². The van der Waals surface area contributed by atoms with E-state index in [1.807, 2.05) is 10.7 Å². The van der Waals surface area contributed by atoms with Crippen molar-refractivity contribution >= 4 is 10.9 Å². The van der Waals surface area contributed by atoms with E-state index in [0.717, 1.165) is 80.9 Å². The van der Waals surface area contributed by atoms with Crippen LogP contribution in [-0.2, 0) is 24.2 Å². The van der Waals surface area contributed by atoms with E-state index in [1.165, 1.54) is 16.7 Å². The molecule has 3 heterocycles. The minimum Gasteiger partial charge on any atom is -0.379 e. The van der Waals surface area contributed by atoms with E-state index >= 15 is 0 Å². The fraction of sp³-hybridized carbons (Fsp3) is 0.484. The zero-order valence-corrected chi connectivity index (χ0v) is 24.0. The summed E-state index contributed by atoms with van der Waals surface area (Å²) in [4.78, 5) is 21.2. The van der Waals surface area contributed by atoms with Gasteiger partial charge in [0.1, 0.15) is 0 Å². The van der Waals surface area contributed by atoms with Gasteiger partial charge in [-0.2, -0.15) is 0 Å². The van der Waals surface area contributed by atoms with Crippen molar-refractivity contribution in [3.05, 3.63) is 87.0 Å². The second kappa shape index (κ2) is 13.3. The van der Waals surface area contributed by atoms with Gasteiger partial charge in [-0.25, -0.2) is 4.68 Å². The Labute approximate surface area is 236 Å². The third-order valence-electron chi connectivity index (χ3n) is 8.07. The van der Waals surface area contributed by atoms with Gasteiger partial charge in [-0.15, -0.1) is 5.10 Å². The molecule has 0 unspecified atom stereocenters. The standard InChI is InChI=1S/C31H41N7O2/c1-4-29(30-33-34-35-38(30)14-11-25-9-6-5-7-10-25)37(13-8-12-36-15-17-40-18-16-36)22-27-21-26-19-23(2)24(3)20-28(26)32-31(27)39/h5-7,9-10,19-21,29H,4,8,11-18,22H2,1-3H3,(H,32,39)/t29-/m1/s1. The molecule has 1 aliphatic heterocycles. The quantitative estimate of drug-likeness (QED) is 0.288. The average Bonchev–Trinajstić information content (AvgIpc) is 3.43. The Bertz CT molecular complexity index is 1440. The van der Waals surface area contributed by atoms with E-state index in [0.29, 0.717) is 13.1 Å². The maximum absolute atomic E-state index is 13.3. The Morgan fingerprint density at radius 2 is 1.82 bits per heavy atom. The molecule has 1 atom stereocenters. The summed E-state index contributed by atoms with van der Waals surface area (Å²) < 4.78 is 7.47. The van der Waals surface area contributed by atoms with Crippen LogP contribution in [0.1, 0.15) is 53.9 Å². The molecule has 5 rings (SSSR count). The van der Waals surface area contributed by atoms with Crippen LogP contribution in [0.15, 0.2) is 53.3 Å². The number of hydrogen-bond acceptors (Lipinski definition) is 7. The third kappa shape index (κ3) is 6.83. The summed E-state index contributed by atoms with van der Waals surface area (Å²) in [7, 11) is 0. The fourth-order valence-electron chi connectivity index (χ4n) is 5.62. The number of hydrogen-bond donors (Lipinski definition) is 1. The molecule has 212 valence electrons. The maximum Gasteiger partial charge on any atom is 0.252 e. The van der Waals surface area contributed by atoms with Gasteiger partial charge in [-0.3, -0.25) is 14.6 Å². The van der Waals surface area contributed by atoms with Crippen LogP contribution in [-0.4, -0.2) is 74.4 Å². The summed E-state index contributed by atoms with van der Waals surface area (Å²) in [6, 6.07) is 16.7. The first kappa shape index (κ1) is 28.1. The van der Waals surface area contributed by atoms with Crippen molar-refractivity contribution in [3.63, 3.8) is 0 Å². The Morgan fingerprint density at radius 3 is 2.60 bits per heavy atom. The summed E-state index contributed by atoms with van der Waals surface area (Å²) in [5, 5.41) is 14.0. The molecule has 4 aromatic rings. The lowest BCUT2D eigenvalue weighted by Crippen LogP contribution is -2.39. The molecule has 2 aromatic carbocycles. The van der Waals surface area contributed by atoms with Gasteiger partial charge in [0.05, 0.1) is 19.3 Å². The molecule has 0 spiro atoms. The van der Waals surface area contributed by atoms with Gasteiger partial charge in [-0.1, -0.05) is 37.3 Å². The normalized spacial score (nSPS) is 15.2. The number of fused-ring (bicyclic) bond motifs is 1. The Hall–Kier alpha value is -3.40. The van der Waals surface area contributed by atoms with Gasteiger partial charge in [0.25, 0.3) is 5.56 Å². The highest BCUT2D eigenvalue weighted by molar-refractivity contribution is 5.80. The Balaban J connectivity index is 1.40. The number of aromatic amines is 1. The molecule has 0 amide bonds. The second-order valence-electron chi connectivity index (χ2n) is 10.8. The first-order chi connectivity index (χ1) is 19.5. The summed E-state index contributed by atoms with van der Waals surface area (Å²) in [5.41, 5.74) is 5.27. The van der Waals surface area contributed by atoms with Gasteiger partial charge in [0.15, 0.2) is 5.82 Å². The van der Waals surface area contributed by atoms with Crippen LogP contribution in [0, 0.1) is 13.8 Å². The Morgan fingerprint density at radius 1 is 1.05 bits per heavy atom. The SMILES string of the molecule is CC[C@H](c1nnnn1CCc1ccccc1)N(CCCN1CCOCC1)Cc1cc2cc(C)c(C)cc2[nH]c1=O. The highest BCUT2D eigenvalue weighted by atomic mass is 16.5. The molecule has 1 saturated heterocycles. The molecule has 2 aromatic heterocycles. The van der Waals surface area contributed by atoms with Crippen LogP contribution in [0.25, 0.3) is 10.9 Å². The number of nitrogens with one attached hydrogen (secondary N) is 1. The monoisotopic (exact) mass is 543 g/mol. The minimum atomic E-state index is -0.0348. The predicted octanol–water partition coefficient (Wildman–Crippen LogP) is 4.05. The van der Waals surface area contributed by atoms with E-state index < -0.39 is 0 Å². The first-order valence-electron chi connectivity index (χ1n) is 14.5. The van der Waals surface area contributed by atoms with Crippen LogP contribution in [0.3, 0.4) is 0 Å². The van der Waals surface area contributed by atoms with Gasteiger partial charge >= 0.3 is 0 Å². The molecule has 0 radical (unpaired) electrons. The van der Waals surface area contributed by atoms with Crippen LogP contribution in [0.4, 0.5) is 0 Å². The smallest absolute Gasteiger partial charge is 0.252 e. The lowest BCUT2D eigenvalue weighted by Gasteiger charge is -2.32. The third-order valence-corrected chi connectivity index (χ3v) is 8.07. The molecule has 0 bridgehead atoms. The number of tetrazole rings is 1. The highest BCUT2D eigenvalue weighted by Crippen LogP contribution is 2.25. The van der Waals surface area contributed by atoms with Crippen molar-refractivity contribution in [2.45, 2.75) is 59.2 Å². The number of benzene rings is 2. The summed E-state index contributed by atoms with van der Waals surface area (Å²) in [6.07, 6.45) is 2.69. The largest absolute Gasteiger partial charge is 0.379 e. The number of nitrogens with zero attached hydrogens (tertiary/aromatic N) is 6. The minimum absolute atomic E-state index is 0.00897. The van der Waals surface area contributed by atoms with Crippen LogP contribution in [0.5, 0.6) is 0 Å². The second-order valence-corrected chi connectivity index (χ2v) is 10.8. The van der Waals surface area contributed by atoms with Crippen molar-refractivity contribution in [3.8, 4) is 0 Å². The molecule has 0 saturated carbocycles. The molecule has 1 fully saturated rings. The maximum atomic E-state index is 13.3. The molecule has 1 aliphatic rings. The highest BCUT2D eigenvalue weighted by Gasteiger charge is 2.26. The molecule has 0 aliphatic carbocycles. The molecule has 40 heavy (non-hydrogen) atoms. The van der Waals surface area contributed by atoms with E-state index in [4.69, 9.17) is 4.74 Å². The number of ether oxygens (including phenoxy) is 1. The zero-order valence-electron chi connectivity index (χ0n) is 24.0. The lowest BCUT2D eigenvalue weighted by molar-refractivity contribution is 0.0349. The summed E-state index contributed by atoms with van der Waals surface area (Å²) >= 11 is 0. The van der Waals surface area contributed by atoms with Gasteiger partial charge in [-0.05, 0) is 90.4 Å². The molecule has 1 N–H and O–H groups in total. The number of rotatable bonds is 12. The van der Waals surface area contributed by atoms with E-state index in [2.05, 4.69) is 93.5 Å². The van der Waals surface area contributed by atoms with Crippen molar-refractivity contribution in [2.24, 2.45) is 0 Å². The number of pyridine rings is 1. The fourth-order valence-corrected chi connectivity index (χ4v) is 5.62. The predicted molar refractivity (Wildman–Crippen MR) is 157 cm³/mol. The topological polar surface area (TPSA) is 92.2 Å². The number of H-pyrrole nitrogens is 1. The van der Waals surface area contributed by atoms with E-state index in [9.17, 15) is 4.79 Å². The molecular formula is C31H41N7O2. The molecular weight excluding hydrogens is 502 g/mol. The number of morpholine rings is 1. The zero-order chi connectivity index (χ0) is 27.9. The van der Waals surface area contributed by atoms with Crippen LogP contribution >= 0.6 is 0 Å². The van der Waals surface area contributed by atoms with Gasteiger partial charge in [0, 0.05) is 43.8 Å². The van der Waals surface area contributed by atoms with Gasteiger partial charge in [0.2, 0.25) is 0 Å². The first-order valence-corrected chi connectivity index (χ1v) is 14.5. The van der Waals surface area contributed by atoms with Crippen molar-refractivity contribution in [2.75, 3.05) is 39.4 Å². The number of aryl methyl sites for hydroxylation is 4. The van der Waals surface area contributed by atoms with Crippen LogP contribution < -0.4 is 5.56 Å².